The largest absolute Gasteiger partial charge is 0.550 e. The van der Waals surface area contributed by atoms with Crippen LogP contribution in [0, 0.1) is 5.41 Å². The van der Waals surface area contributed by atoms with Gasteiger partial charge in [-0.25, -0.2) is 4.68 Å². The minimum Gasteiger partial charge on any atom is -0.550 e. The van der Waals surface area contributed by atoms with Crippen LogP contribution in [-0.4, -0.2) is 63.5 Å². The smallest absolute Gasteiger partial charge is 0.220 e. The molecule has 1 aromatic heterocycles. The lowest BCUT2D eigenvalue weighted by Gasteiger charge is -2.29. The van der Waals surface area contributed by atoms with E-state index in [1.807, 2.05) is 30.3 Å². The Hall–Kier alpha value is -2.85. The SMILES string of the molecule is O=C([O-])CC1(CC(=O)N[C@H]2CO[C@H]3[C@@H]2OC[C@@H]3n2nnnc2-c2ccccc2)CCCC1. The van der Waals surface area contributed by atoms with Crippen LogP contribution in [-0.2, 0) is 19.1 Å². The maximum Gasteiger partial charge on any atom is 0.220 e. The third-order valence-electron chi connectivity index (χ3n) is 6.93. The fraction of sp³-hybridized carbons (Fsp3) is 0.591. The number of aromatic nitrogens is 4. The first-order chi connectivity index (χ1) is 15.5. The fourth-order valence-electron chi connectivity index (χ4n) is 5.45. The summed E-state index contributed by atoms with van der Waals surface area (Å²) >= 11 is 0. The number of aliphatic carboxylic acids is 1. The molecule has 2 aliphatic heterocycles. The molecule has 1 aliphatic carbocycles. The van der Waals surface area contributed by atoms with Gasteiger partial charge in [0, 0.05) is 18.0 Å². The molecule has 170 valence electrons. The van der Waals surface area contributed by atoms with Gasteiger partial charge in [-0.3, -0.25) is 4.79 Å². The molecule has 1 saturated carbocycles. The third kappa shape index (κ3) is 4.00. The lowest BCUT2D eigenvalue weighted by atomic mass is 9.79. The van der Waals surface area contributed by atoms with Gasteiger partial charge in [0.1, 0.15) is 18.2 Å². The molecule has 0 bridgehead atoms. The number of amides is 1. The zero-order chi connectivity index (χ0) is 22.1. The summed E-state index contributed by atoms with van der Waals surface area (Å²) < 4.78 is 13.8. The number of carboxylic acids is 1. The molecule has 2 saturated heterocycles. The molecule has 32 heavy (non-hydrogen) atoms. The number of rotatable bonds is 7. The molecule has 5 rings (SSSR count). The summed E-state index contributed by atoms with van der Waals surface area (Å²) in [4.78, 5) is 24.0. The van der Waals surface area contributed by atoms with Gasteiger partial charge in [0.25, 0.3) is 0 Å². The molecule has 0 radical (unpaired) electrons. The van der Waals surface area contributed by atoms with Crippen LogP contribution in [0.5, 0.6) is 0 Å². The summed E-state index contributed by atoms with van der Waals surface area (Å²) in [5.41, 5.74) is 0.399. The molecule has 3 heterocycles. The molecule has 4 atom stereocenters. The van der Waals surface area contributed by atoms with Gasteiger partial charge >= 0.3 is 0 Å². The highest BCUT2D eigenvalue weighted by atomic mass is 16.6. The zero-order valence-corrected chi connectivity index (χ0v) is 17.7. The molecule has 1 amide bonds. The van der Waals surface area contributed by atoms with Gasteiger partial charge in [-0.05, 0) is 35.1 Å². The first kappa shape index (κ1) is 21.0. The summed E-state index contributed by atoms with van der Waals surface area (Å²) in [5.74, 6) is -0.621. The molecule has 2 aromatic rings. The van der Waals surface area contributed by atoms with Crippen molar-refractivity contribution in [3.8, 4) is 11.4 Å². The van der Waals surface area contributed by atoms with Crippen molar-refractivity contribution in [1.29, 1.82) is 0 Å². The Morgan fingerprint density at radius 3 is 2.59 bits per heavy atom. The number of hydrogen-bond acceptors (Lipinski definition) is 8. The molecule has 10 heteroatoms. The molecule has 1 N–H and O–H groups in total. The van der Waals surface area contributed by atoms with Gasteiger partial charge in [0.05, 0.1) is 19.3 Å². The van der Waals surface area contributed by atoms with E-state index >= 15 is 0 Å². The minimum atomic E-state index is -1.10. The number of benzene rings is 1. The summed E-state index contributed by atoms with van der Waals surface area (Å²) in [5, 5.41) is 26.4. The van der Waals surface area contributed by atoms with Crippen molar-refractivity contribution in [2.24, 2.45) is 5.41 Å². The summed E-state index contributed by atoms with van der Waals surface area (Å²) in [6, 6.07) is 9.18. The Bertz CT molecular complexity index is 974. The number of nitrogens with one attached hydrogen (secondary N) is 1. The van der Waals surface area contributed by atoms with Crippen molar-refractivity contribution in [1.82, 2.24) is 25.5 Å². The zero-order valence-electron chi connectivity index (χ0n) is 17.7. The Morgan fingerprint density at radius 1 is 1.09 bits per heavy atom. The number of ether oxygens (including phenoxy) is 2. The summed E-state index contributed by atoms with van der Waals surface area (Å²) in [6.07, 6.45) is 2.88. The lowest BCUT2D eigenvalue weighted by molar-refractivity contribution is -0.308. The van der Waals surface area contributed by atoms with E-state index in [9.17, 15) is 14.7 Å². The number of fused-ring (bicyclic) bond motifs is 1. The van der Waals surface area contributed by atoms with E-state index in [2.05, 4.69) is 20.8 Å². The van der Waals surface area contributed by atoms with Crippen LogP contribution in [0.3, 0.4) is 0 Å². The van der Waals surface area contributed by atoms with Crippen LogP contribution in [0.4, 0.5) is 0 Å². The monoisotopic (exact) mass is 440 g/mol. The van der Waals surface area contributed by atoms with Gasteiger partial charge in [-0.1, -0.05) is 43.2 Å². The Kier molecular flexibility index (Phi) is 5.64. The van der Waals surface area contributed by atoms with E-state index in [1.54, 1.807) is 4.68 Å². The van der Waals surface area contributed by atoms with E-state index in [4.69, 9.17) is 9.47 Å². The number of nitrogens with zero attached hydrogens (tertiary/aromatic N) is 4. The molecule has 0 unspecified atom stereocenters. The van der Waals surface area contributed by atoms with Gasteiger partial charge in [0.2, 0.25) is 5.91 Å². The lowest BCUT2D eigenvalue weighted by Crippen LogP contribution is -2.46. The molecule has 0 spiro atoms. The maximum absolute atomic E-state index is 12.8. The topological polar surface area (TPSA) is 131 Å². The Balaban J connectivity index is 1.25. The molecule has 3 fully saturated rings. The first-order valence-corrected chi connectivity index (χ1v) is 11.1. The predicted molar refractivity (Wildman–Crippen MR) is 109 cm³/mol. The quantitative estimate of drug-likeness (QED) is 0.648. The van der Waals surface area contributed by atoms with Crippen LogP contribution >= 0.6 is 0 Å². The highest BCUT2D eigenvalue weighted by molar-refractivity contribution is 5.78. The second-order valence-corrected chi connectivity index (χ2v) is 9.08. The van der Waals surface area contributed by atoms with Crippen LogP contribution in [0.25, 0.3) is 11.4 Å². The summed E-state index contributed by atoms with van der Waals surface area (Å²) in [6.45, 7) is 0.703. The van der Waals surface area contributed by atoms with Crippen molar-refractivity contribution in [2.45, 2.75) is 62.8 Å². The standard InChI is InChI=1S/C22H27N5O5/c28-17(10-22(11-18(29)30)8-4-5-9-22)23-15-12-31-20-16(13-32-19(15)20)27-21(24-25-26-27)14-6-2-1-3-7-14/h1-3,6-7,15-16,19-20H,4-5,8-13H2,(H,23,28)(H,29,30)/p-1/t15-,16-,19+,20+/m0/s1. The van der Waals surface area contributed by atoms with Gasteiger partial charge in [-0.15, -0.1) is 5.10 Å². The second kappa shape index (κ2) is 8.59. The number of carbonyl (C=O) groups excluding carboxylic acids is 2. The van der Waals surface area contributed by atoms with E-state index in [0.717, 1.165) is 31.2 Å². The third-order valence-corrected chi connectivity index (χ3v) is 6.93. The molecule has 1 aromatic carbocycles. The van der Waals surface area contributed by atoms with E-state index in [1.165, 1.54) is 0 Å². The number of carboxylic acid groups (broad SMARTS) is 1. The second-order valence-electron chi connectivity index (χ2n) is 9.08. The Morgan fingerprint density at radius 2 is 1.84 bits per heavy atom. The van der Waals surface area contributed by atoms with Crippen molar-refractivity contribution in [2.75, 3.05) is 13.2 Å². The fourth-order valence-corrected chi connectivity index (χ4v) is 5.45. The minimum absolute atomic E-state index is 0.0756. The summed E-state index contributed by atoms with van der Waals surface area (Å²) in [7, 11) is 0. The average molecular weight is 440 g/mol. The van der Waals surface area contributed by atoms with Crippen LogP contribution in [0.15, 0.2) is 30.3 Å². The van der Waals surface area contributed by atoms with Crippen molar-refractivity contribution >= 4 is 11.9 Å². The van der Waals surface area contributed by atoms with E-state index in [0.29, 0.717) is 19.0 Å². The molecular weight excluding hydrogens is 414 g/mol. The average Bonchev–Trinajstić information content (AvgIpc) is 3.54. The van der Waals surface area contributed by atoms with Crippen molar-refractivity contribution in [3.05, 3.63) is 30.3 Å². The van der Waals surface area contributed by atoms with Crippen LogP contribution < -0.4 is 10.4 Å². The molecule has 3 aliphatic rings. The maximum atomic E-state index is 12.8. The Labute approximate surface area is 185 Å². The van der Waals surface area contributed by atoms with E-state index in [-0.39, 0.29) is 43.0 Å². The van der Waals surface area contributed by atoms with E-state index < -0.39 is 11.4 Å². The highest BCUT2D eigenvalue weighted by Gasteiger charge is 2.50. The highest BCUT2D eigenvalue weighted by Crippen LogP contribution is 2.44. The van der Waals surface area contributed by atoms with Gasteiger partial charge in [0.15, 0.2) is 5.82 Å². The van der Waals surface area contributed by atoms with Gasteiger partial charge < -0.3 is 24.7 Å². The van der Waals surface area contributed by atoms with Crippen molar-refractivity contribution in [3.63, 3.8) is 0 Å². The predicted octanol–water partition coefficient (Wildman–Crippen LogP) is 0.254. The van der Waals surface area contributed by atoms with Crippen LogP contribution in [0.2, 0.25) is 0 Å². The number of hydrogen-bond donors (Lipinski definition) is 1. The molecular formula is C22H26N5O5-. The van der Waals surface area contributed by atoms with Crippen molar-refractivity contribution < 1.29 is 24.2 Å². The molecule has 10 nitrogen and oxygen atoms in total. The number of tetrazole rings is 1. The number of carbonyl (C=O) groups is 2. The first-order valence-electron chi connectivity index (χ1n) is 11.1. The van der Waals surface area contributed by atoms with Crippen LogP contribution in [0.1, 0.15) is 44.6 Å². The van der Waals surface area contributed by atoms with Gasteiger partial charge in [-0.2, -0.15) is 0 Å². The normalized spacial score (nSPS) is 28.5.